The lowest BCUT2D eigenvalue weighted by molar-refractivity contribution is 0.0221. The number of aryl methyl sites for hydroxylation is 2. The Hall–Kier alpha value is -2.83. The lowest BCUT2D eigenvalue weighted by Crippen LogP contribution is -2.40. The Kier molecular flexibility index (Phi) is 5.45. The van der Waals surface area contributed by atoms with Crippen molar-refractivity contribution in [2.45, 2.75) is 52.8 Å². The molecule has 0 spiro atoms. The van der Waals surface area contributed by atoms with Crippen molar-refractivity contribution in [3.63, 3.8) is 0 Å². The van der Waals surface area contributed by atoms with Crippen molar-refractivity contribution in [3.05, 3.63) is 52.3 Å². The molecule has 3 rings (SSSR count). The van der Waals surface area contributed by atoms with Gasteiger partial charge in [0.15, 0.2) is 5.69 Å². The highest BCUT2D eigenvalue weighted by Crippen LogP contribution is 2.24. The van der Waals surface area contributed by atoms with Crippen LogP contribution >= 0.6 is 0 Å². The van der Waals surface area contributed by atoms with Crippen LogP contribution in [0.2, 0.25) is 0 Å². The van der Waals surface area contributed by atoms with E-state index in [1.165, 1.54) is 5.56 Å². The number of carbonyl (C=O) groups excluding carboxylic acids is 2. The van der Waals surface area contributed by atoms with Crippen LogP contribution < -0.4 is 5.32 Å². The zero-order chi connectivity index (χ0) is 20.5. The highest BCUT2D eigenvalue weighted by atomic mass is 16.6. The average Bonchev–Trinajstić information content (AvgIpc) is 2.96. The van der Waals surface area contributed by atoms with Crippen molar-refractivity contribution >= 4 is 12.0 Å². The van der Waals surface area contributed by atoms with Crippen LogP contribution in [-0.4, -0.2) is 38.8 Å². The third-order valence-electron chi connectivity index (χ3n) is 4.68. The Morgan fingerprint density at radius 2 is 1.89 bits per heavy atom. The molecule has 0 bridgehead atoms. The molecular formula is C21H28N4O3. The summed E-state index contributed by atoms with van der Waals surface area (Å²) >= 11 is 0. The van der Waals surface area contributed by atoms with Gasteiger partial charge >= 0.3 is 6.09 Å². The van der Waals surface area contributed by atoms with E-state index in [-0.39, 0.29) is 12.0 Å². The van der Waals surface area contributed by atoms with E-state index in [4.69, 9.17) is 4.74 Å². The highest BCUT2D eigenvalue weighted by Gasteiger charge is 2.31. The second-order valence-electron chi connectivity index (χ2n) is 8.22. The predicted octanol–water partition coefficient (Wildman–Crippen LogP) is 2.95. The summed E-state index contributed by atoms with van der Waals surface area (Å²) in [5.74, 6) is -0.233. The van der Waals surface area contributed by atoms with E-state index in [1.54, 1.807) is 9.58 Å². The SMILES string of the molecule is Cc1ccc(CNC(=O)c2nn(C)c3c2CN(C(=O)OC(C)(C)C)CC3)cc1. The van der Waals surface area contributed by atoms with Crippen molar-refractivity contribution in [2.75, 3.05) is 6.54 Å². The molecule has 0 unspecified atom stereocenters. The molecule has 7 heteroatoms. The molecule has 2 heterocycles. The molecule has 2 amide bonds. The predicted molar refractivity (Wildman–Crippen MR) is 106 cm³/mol. The van der Waals surface area contributed by atoms with Crippen LogP contribution in [0.15, 0.2) is 24.3 Å². The number of amides is 2. The molecule has 1 N–H and O–H groups in total. The van der Waals surface area contributed by atoms with Crippen LogP contribution in [0.4, 0.5) is 4.79 Å². The van der Waals surface area contributed by atoms with Crippen LogP contribution in [0.3, 0.4) is 0 Å². The fraction of sp³-hybridized carbons (Fsp3) is 0.476. The zero-order valence-electron chi connectivity index (χ0n) is 17.2. The molecule has 0 saturated heterocycles. The van der Waals surface area contributed by atoms with Gasteiger partial charge in [0.05, 0.1) is 6.54 Å². The number of carbonyl (C=O) groups is 2. The van der Waals surface area contributed by atoms with Gasteiger partial charge in [-0.1, -0.05) is 29.8 Å². The third kappa shape index (κ3) is 4.52. The van der Waals surface area contributed by atoms with Crippen LogP contribution in [-0.2, 0) is 31.3 Å². The van der Waals surface area contributed by atoms with Crippen LogP contribution in [0.25, 0.3) is 0 Å². The number of benzene rings is 1. The van der Waals surface area contributed by atoms with Gasteiger partial charge in [-0.15, -0.1) is 0 Å². The Morgan fingerprint density at radius 3 is 2.54 bits per heavy atom. The maximum absolute atomic E-state index is 12.8. The van der Waals surface area contributed by atoms with Gasteiger partial charge in [-0.3, -0.25) is 9.48 Å². The third-order valence-corrected chi connectivity index (χ3v) is 4.68. The van der Waals surface area contributed by atoms with E-state index in [0.29, 0.717) is 31.7 Å². The fourth-order valence-corrected chi connectivity index (χ4v) is 3.23. The lowest BCUT2D eigenvalue weighted by Gasteiger charge is -2.30. The van der Waals surface area contributed by atoms with E-state index < -0.39 is 5.60 Å². The number of aromatic nitrogens is 2. The average molecular weight is 384 g/mol. The summed E-state index contributed by atoms with van der Waals surface area (Å²) < 4.78 is 7.21. The Bertz CT molecular complexity index is 878. The molecule has 0 radical (unpaired) electrons. The minimum Gasteiger partial charge on any atom is -0.444 e. The second-order valence-corrected chi connectivity index (χ2v) is 8.22. The number of fused-ring (bicyclic) bond motifs is 1. The van der Waals surface area contributed by atoms with Gasteiger partial charge < -0.3 is 15.0 Å². The van der Waals surface area contributed by atoms with Crippen LogP contribution in [0.1, 0.15) is 53.6 Å². The first-order chi connectivity index (χ1) is 13.1. The highest BCUT2D eigenvalue weighted by molar-refractivity contribution is 5.94. The summed E-state index contributed by atoms with van der Waals surface area (Å²) in [5.41, 5.74) is 3.80. The normalized spacial score (nSPS) is 13.8. The second kappa shape index (κ2) is 7.66. The molecule has 1 aromatic carbocycles. The molecule has 0 saturated carbocycles. The summed E-state index contributed by atoms with van der Waals surface area (Å²) in [6, 6.07) is 8.02. The van der Waals surface area contributed by atoms with Crippen LogP contribution in [0.5, 0.6) is 0 Å². The summed E-state index contributed by atoms with van der Waals surface area (Å²) in [4.78, 5) is 26.8. The molecule has 0 aliphatic carbocycles. The fourth-order valence-electron chi connectivity index (χ4n) is 3.23. The maximum atomic E-state index is 12.8. The summed E-state index contributed by atoms with van der Waals surface area (Å²) in [6.07, 6.45) is 0.275. The molecular weight excluding hydrogens is 356 g/mol. The van der Waals surface area contributed by atoms with Gasteiger partial charge in [0.25, 0.3) is 5.91 Å². The molecule has 2 aromatic rings. The van der Waals surface area contributed by atoms with Gasteiger partial charge in [-0.25, -0.2) is 4.79 Å². The number of ether oxygens (including phenoxy) is 1. The standard InChI is InChI=1S/C21H28N4O3/c1-14-6-8-15(9-7-14)12-22-19(26)18-16-13-25(20(27)28-21(2,3)4)11-10-17(16)24(5)23-18/h6-9H,10-13H2,1-5H3,(H,22,26). The van der Waals surface area contributed by atoms with E-state index in [9.17, 15) is 9.59 Å². The van der Waals surface area contributed by atoms with Gasteiger partial charge in [-0.05, 0) is 33.3 Å². The van der Waals surface area contributed by atoms with Gasteiger partial charge in [0, 0.05) is 37.8 Å². The van der Waals surface area contributed by atoms with Gasteiger partial charge in [0.1, 0.15) is 5.60 Å². The smallest absolute Gasteiger partial charge is 0.410 e. The Morgan fingerprint density at radius 1 is 1.21 bits per heavy atom. The largest absolute Gasteiger partial charge is 0.444 e. The molecule has 0 fully saturated rings. The molecule has 28 heavy (non-hydrogen) atoms. The number of nitrogens with zero attached hydrogens (tertiary/aromatic N) is 3. The number of hydrogen-bond acceptors (Lipinski definition) is 4. The van der Waals surface area contributed by atoms with Gasteiger partial charge in [-0.2, -0.15) is 5.10 Å². The van der Waals surface area contributed by atoms with Crippen molar-refractivity contribution in [3.8, 4) is 0 Å². The zero-order valence-corrected chi connectivity index (χ0v) is 17.2. The van der Waals surface area contributed by atoms with E-state index in [1.807, 2.05) is 59.0 Å². The van der Waals surface area contributed by atoms with Crippen LogP contribution in [0, 0.1) is 6.92 Å². The molecule has 0 atom stereocenters. The quantitative estimate of drug-likeness (QED) is 0.883. The first-order valence-corrected chi connectivity index (χ1v) is 9.50. The summed E-state index contributed by atoms with van der Waals surface area (Å²) in [7, 11) is 1.83. The van der Waals surface area contributed by atoms with E-state index in [0.717, 1.165) is 16.8 Å². The summed E-state index contributed by atoms with van der Waals surface area (Å²) in [5, 5.41) is 7.34. The summed E-state index contributed by atoms with van der Waals surface area (Å²) in [6.45, 7) is 8.85. The minimum absolute atomic E-state index is 0.233. The number of nitrogens with one attached hydrogen (secondary N) is 1. The first kappa shape index (κ1) is 19.9. The lowest BCUT2D eigenvalue weighted by atomic mass is 10.0. The molecule has 1 aliphatic heterocycles. The molecule has 1 aromatic heterocycles. The minimum atomic E-state index is -0.555. The van der Waals surface area contributed by atoms with Crippen molar-refractivity contribution < 1.29 is 14.3 Å². The molecule has 1 aliphatic rings. The first-order valence-electron chi connectivity index (χ1n) is 9.50. The topological polar surface area (TPSA) is 76.5 Å². The monoisotopic (exact) mass is 384 g/mol. The van der Waals surface area contributed by atoms with Crippen molar-refractivity contribution in [2.24, 2.45) is 7.05 Å². The maximum Gasteiger partial charge on any atom is 0.410 e. The van der Waals surface area contributed by atoms with Crippen molar-refractivity contribution in [1.29, 1.82) is 0 Å². The van der Waals surface area contributed by atoms with E-state index >= 15 is 0 Å². The molecule has 150 valence electrons. The number of rotatable bonds is 3. The Balaban J connectivity index is 1.72. The van der Waals surface area contributed by atoms with E-state index in [2.05, 4.69) is 10.4 Å². The van der Waals surface area contributed by atoms with Gasteiger partial charge in [0.2, 0.25) is 0 Å². The number of hydrogen-bond donors (Lipinski definition) is 1. The Labute approximate surface area is 165 Å². The van der Waals surface area contributed by atoms with Crippen molar-refractivity contribution in [1.82, 2.24) is 20.0 Å². The molecule has 7 nitrogen and oxygen atoms in total.